The number of carboxylic acid groups (broad SMARTS) is 1. The molecule has 5 heteroatoms. The van der Waals surface area contributed by atoms with Crippen molar-refractivity contribution in [2.24, 2.45) is 0 Å². The minimum absolute atomic E-state index is 0.0101. The van der Waals surface area contributed by atoms with Gasteiger partial charge in [-0.15, -0.1) is 0 Å². The van der Waals surface area contributed by atoms with Gasteiger partial charge in [0.05, 0.1) is 17.4 Å². The third kappa shape index (κ3) is 2.55. The summed E-state index contributed by atoms with van der Waals surface area (Å²) in [7, 11) is 0. The number of aromatic nitrogens is 1. The fourth-order valence-electron chi connectivity index (χ4n) is 2.17. The van der Waals surface area contributed by atoms with Crippen molar-refractivity contribution in [3.63, 3.8) is 0 Å². The van der Waals surface area contributed by atoms with Crippen LogP contribution in [0, 0.1) is 0 Å². The zero-order chi connectivity index (χ0) is 12.5. The third-order valence-electron chi connectivity index (χ3n) is 2.94. The largest absolute Gasteiger partial charge is 0.478 e. The Kier molecular flexibility index (Phi) is 3.02. The molecule has 0 bridgehead atoms. The second-order valence-electron chi connectivity index (χ2n) is 4.93. The molecule has 2 N–H and O–H groups in total. The maximum Gasteiger partial charge on any atom is 0.337 e. The molecule has 5 nitrogen and oxygen atoms in total. The van der Waals surface area contributed by atoms with Crippen molar-refractivity contribution in [3.05, 3.63) is 24.0 Å². The number of piperazine rings is 1. The van der Waals surface area contributed by atoms with Crippen LogP contribution in [0.2, 0.25) is 0 Å². The molecule has 1 saturated heterocycles. The molecule has 1 aromatic heterocycles. The Bertz CT molecular complexity index is 432. The van der Waals surface area contributed by atoms with Crippen molar-refractivity contribution < 1.29 is 9.90 Å². The van der Waals surface area contributed by atoms with Crippen LogP contribution in [0.4, 0.5) is 5.69 Å². The molecule has 0 radical (unpaired) electrons. The average molecular weight is 235 g/mol. The molecule has 2 rings (SSSR count). The van der Waals surface area contributed by atoms with Crippen molar-refractivity contribution in [1.82, 2.24) is 10.3 Å². The third-order valence-corrected chi connectivity index (χ3v) is 2.94. The topological polar surface area (TPSA) is 65.5 Å². The fourth-order valence-corrected chi connectivity index (χ4v) is 2.17. The lowest BCUT2D eigenvalue weighted by Crippen LogP contribution is -2.57. The van der Waals surface area contributed by atoms with Crippen LogP contribution in [-0.4, -0.2) is 41.2 Å². The van der Waals surface area contributed by atoms with Crippen molar-refractivity contribution >= 4 is 11.7 Å². The van der Waals surface area contributed by atoms with Gasteiger partial charge in [0.15, 0.2) is 0 Å². The highest BCUT2D eigenvalue weighted by Crippen LogP contribution is 2.22. The molecule has 1 aliphatic heterocycles. The van der Waals surface area contributed by atoms with Gasteiger partial charge in [-0.25, -0.2) is 4.79 Å². The predicted molar refractivity (Wildman–Crippen MR) is 65.5 cm³/mol. The van der Waals surface area contributed by atoms with Crippen LogP contribution in [0.1, 0.15) is 24.2 Å². The summed E-state index contributed by atoms with van der Waals surface area (Å²) in [6.45, 7) is 6.64. The molecule has 1 aliphatic rings. The number of aromatic carboxylic acids is 1. The fraction of sp³-hybridized carbons (Fsp3) is 0.500. The zero-order valence-electron chi connectivity index (χ0n) is 10.1. The van der Waals surface area contributed by atoms with Crippen LogP contribution in [0.5, 0.6) is 0 Å². The van der Waals surface area contributed by atoms with Gasteiger partial charge in [0.25, 0.3) is 0 Å². The van der Waals surface area contributed by atoms with Gasteiger partial charge < -0.3 is 15.3 Å². The van der Waals surface area contributed by atoms with Crippen LogP contribution < -0.4 is 10.2 Å². The molecular formula is C12H17N3O2. The molecule has 0 aromatic carbocycles. The molecule has 1 aromatic rings. The number of carbonyl (C=O) groups is 1. The average Bonchev–Trinajstić information content (AvgIpc) is 2.27. The summed E-state index contributed by atoms with van der Waals surface area (Å²) >= 11 is 0. The minimum Gasteiger partial charge on any atom is -0.478 e. The summed E-state index contributed by atoms with van der Waals surface area (Å²) in [6.07, 6.45) is 3.14. The van der Waals surface area contributed by atoms with Gasteiger partial charge in [0.1, 0.15) is 0 Å². The number of pyridine rings is 1. The zero-order valence-corrected chi connectivity index (χ0v) is 10.1. The number of nitrogens with one attached hydrogen (secondary N) is 1. The van der Waals surface area contributed by atoms with Crippen LogP contribution in [0.15, 0.2) is 18.5 Å². The minimum atomic E-state index is -0.904. The molecule has 0 spiro atoms. The Balaban J connectivity index is 2.30. The number of anilines is 1. The first kappa shape index (κ1) is 11.9. The van der Waals surface area contributed by atoms with Gasteiger partial charge in [-0.2, -0.15) is 0 Å². The maximum atomic E-state index is 11.2. The van der Waals surface area contributed by atoms with E-state index in [9.17, 15) is 4.79 Å². The van der Waals surface area contributed by atoms with E-state index in [0.29, 0.717) is 11.3 Å². The van der Waals surface area contributed by atoms with Crippen LogP contribution in [0.3, 0.4) is 0 Å². The summed E-state index contributed by atoms with van der Waals surface area (Å²) < 4.78 is 0. The van der Waals surface area contributed by atoms with Crippen molar-refractivity contribution in [2.45, 2.75) is 19.4 Å². The number of hydrogen-bond donors (Lipinski definition) is 2. The van der Waals surface area contributed by atoms with E-state index >= 15 is 0 Å². The van der Waals surface area contributed by atoms with Gasteiger partial charge in [0, 0.05) is 31.4 Å². The van der Waals surface area contributed by atoms with Gasteiger partial charge in [-0.05, 0) is 19.9 Å². The van der Waals surface area contributed by atoms with E-state index in [1.54, 1.807) is 12.3 Å². The van der Waals surface area contributed by atoms with Crippen molar-refractivity contribution in [3.8, 4) is 0 Å². The van der Waals surface area contributed by atoms with E-state index < -0.39 is 5.97 Å². The highest BCUT2D eigenvalue weighted by atomic mass is 16.4. The standard InChI is InChI=1S/C12H17N3O2/c1-12(2)8-15(6-5-14-12)10-7-13-4-3-9(10)11(16)17/h3-4,7,14H,5-6,8H2,1-2H3,(H,16,17). The van der Waals surface area contributed by atoms with E-state index in [0.717, 1.165) is 19.6 Å². The number of hydrogen-bond acceptors (Lipinski definition) is 4. The summed E-state index contributed by atoms with van der Waals surface area (Å²) in [5, 5.41) is 12.6. The summed E-state index contributed by atoms with van der Waals surface area (Å²) in [4.78, 5) is 17.3. The van der Waals surface area contributed by atoms with Crippen molar-refractivity contribution in [2.75, 3.05) is 24.5 Å². The molecule has 2 heterocycles. The molecule has 0 aliphatic carbocycles. The highest BCUT2D eigenvalue weighted by Gasteiger charge is 2.27. The monoisotopic (exact) mass is 235 g/mol. The second kappa shape index (κ2) is 4.33. The molecule has 0 saturated carbocycles. The normalized spacial score (nSPS) is 19.1. The highest BCUT2D eigenvalue weighted by molar-refractivity contribution is 5.94. The van der Waals surface area contributed by atoms with Crippen LogP contribution in [0.25, 0.3) is 0 Å². The first-order valence-electron chi connectivity index (χ1n) is 5.67. The first-order chi connectivity index (χ1) is 7.99. The Morgan fingerprint density at radius 2 is 2.35 bits per heavy atom. The number of carboxylic acids is 1. The second-order valence-corrected chi connectivity index (χ2v) is 4.93. The molecule has 0 amide bonds. The molecule has 0 unspecified atom stereocenters. The number of nitrogens with zero attached hydrogens (tertiary/aromatic N) is 2. The SMILES string of the molecule is CC1(C)CN(c2cnccc2C(=O)O)CCN1. The summed E-state index contributed by atoms with van der Waals surface area (Å²) in [6, 6.07) is 1.55. The molecular weight excluding hydrogens is 218 g/mol. The van der Waals surface area contributed by atoms with Gasteiger partial charge in [-0.1, -0.05) is 0 Å². The van der Waals surface area contributed by atoms with E-state index in [2.05, 4.69) is 29.0 Å². The molecule has 17 heavy (non-hydrogen) atoms. The quantitative estimate of drug-likeness (QED) is 0.799. The Morgan fingerprint density at radius 1 is 1.59 bits per heavy atom. The van der Waals surface area contributed by atoms with E-state index in [1.807, 2.05) is 0 Å². The van der Waals surface area contributed by atoms with E-state index in [1.165, 1.54) is 6.20 Å². The van der Waals surface area contributed by atoms with Crippen LogP contribution >= 0.6 is 0 Å². The number of rotatable bonds is 2. The molecule has 0 atom stereocenters. The Hall–Kier alpha value is -1.62. The smallest absolute Gasteiger partial charge is 0.337 e. The van der Waals surface area contributed by atoms with E-state index in [4.69, 9.17) is 5.11 Å². The van der Waals surface area contributed by atoms with E-state index in [-0.39, 0.29) is 5.54 Å². The lowest BCUT2D eigenvalue weighted by molar-refractivity contribution is 0.0697. The Labute approximate surface area is 100 Å². The van der Waals surface area contributed by atoms with Gasteiger partial charge >= 0.3 is 5.97 Å². The lowest BCUT2D eigenvalue weighted by Gasteiger charge is -2.40. The Morgan fingerprint density at radius 3 is 3.00 bits per heavy atom. The molecule has 92 valence electrons. The van der Waals surface area contributed by atoms with Crippen molar-refractivity contribution in [1.29, 1.82) is 0 Å². The lowest BCUT2D eigenvalue weighted by atomic mass is 10.0. The summed E-state index contributed by atoms with van der Waals surface area (Å²) in [5.41, 5.74) is 1.01. The maximum absolute atomic E-state index is 11.2. The van der Waals surface area contributed by atoms with Gasteiger partial charge in [-0.3, -0.25) is 4.98 Å². The van der Waals surface area contributed by atoms with Crippen LogP contribution in [-0.2, 0) is 0 Å². The molecule has 1 fully saturated rings. The van der Waals surface area contributed by atoms with Gasteiger partial charge in [0.2, 0.25) is 0 Å². The predicted octanol–water partition coefficient (Wildman–Crippen LogP) is 0.968. The first-order valence-corrected chi connectivity index (χ1v) is 5.67. The summed E-state index contributed by atoms with van der Waals surface area (Å²) in [5.74, 6) is -0.904.